The number of fused-ring (bicyclic) bond motifs is 2. The third-order valence-electron chi connectivity index (χ3n) is 5.38. The molecule has 1 N–H and O–H groups in total. The normalized spacial score (nSPS) is 11.6. The minimum absolute atomic E-state index is 0.0745. The summed E-state index contributed by atoms with van der Waals surface area (Å²) in [6.07, 6.45) is 0.677. The van der Waals surface area contributed by atoms with Crippen LogP contribution >= 0.6 is 0 Å². The summed E-state index contributed by atoms with van der Waals surface area (Å²) in [6, 6.07) is 18.5. The molecule has 2 heterocycles. The Morgan fingerprint density at radius 3 is 2.60 bits per heavy atom. The van der Waals surface area contributed by atoms with Gasteiger partial charge in [-0.2, -0.15) is 0 Å². The van der Waals surface area contributed by atoms with Crippen LogP contribution in [0.4, 0.5) is 0 Å². The van der Waals surface area contributed by atoms with Gasteiger partial charge in [0, 0.05) is 43.6 Å². The van der Waals surface area contributed by atoms with Crippen molar-refractivity contribution in [2.24, 2.45) is 0 Å². The number of imidazole rings is 1. The molecular weight excluding hydrogens is 376 g/mol. The molecule has 6 heteroatoms. The van der Waals surface area contributed by atoms with Gasteiger partial charge >= 0.3 is 0 Å². The first kappa shape index (κ1) is 20.2. The second-order valence-corrected chi connectivity index (χ2v) is 7.72. The van der Waals surface area contributed by atoms with E-state index in [0.717, 1.165) is 27.8 Å². The Kier molecular flexibility index (Phi) is 5.86. The standard InChI is InChI=1S/C24H28N4O2/c1-17(2)28-21-11-7-5-9-19(21)26-23(28)12-13-25-24(29)22-16-18-8-4-6-10-20(18)27(22)14-15-30-3/h4-11,16-17H,12-15H2,1-3H3,(H,25,29). The van der Waals surface area contributed by atoms with E-state index in [9.17, 15) is 4.79 Å². The molecular formula is C24H28N4O2. The van der Waals surface area contributed by atoms with Crippen molar-refractivity contribution in [3.05, 3.63) is 66.1 Å². The number of benzene rings is 2. The van der Waals surface area contributed by atoms with Gasteiger partial charge in [0.25, 0.3) is 5.91 Å². The Labute approximate surface area is 176 Å². The summed E-state index contributed by atoms with van der Waals surface area (Å²) in [4.78, 5) is 17.8. The Hall–Kier alpha value is -3.12. The van der Waals surface area contributed by atoms with Crippen LogP contribution in [0, 0.1) is 0 Å². The highest BCUT2D eigenvalue weighted by Crippen LogP contribution is 2.22. The highest BCUT2D eigenvalue weighted by atomic mass is 16.5. The topological polar surface area (TPSA) is 61.1 Å². The monoisotopic (exact) mass is 404 g/mol. The highest BCUT2D eigenvalue weighted by Gasteiger charge is 2.17. The maximum atomic E-state index is 13.0. The highest BCUT2D eigenvalue weighted by molar-refractivity contribution is 5.98. The summed E-state index contributed by atoms with van der Waals surface area (Å²) in [7, 11) is 1.67. The smallest absolute Gasteiger partial charge is 0.267 e. The molecule has 2 aromatic heterocycles. The van der Waals surface area contributed by atoms with E-state index >= 15 is 0 Å². The number of hydrogen-bond donors (Lipinski definition) is 1. The molecule has 0 bridgehead atoms. The molecule has 4 rings (SSSR count). The minimum Gasteiger partial charge on any atom is -0.383 e. The van der Waals surface area contributed by atoms with Gasteiger partial charge in [-0.25, -0.2) is 4.98 Å². The van der Waals surface area contributed by atoms with Crippen LogP contribution in [-0.4, -0.2) is 40.3 Å². The molecule has 0 spiro atoms. The summed E-state index contributed by atoms with van der Waals surface area (Å²) < 4.78 is 9.51. The van der Waals surface area contributed by atoms with Gasteiger partial charge < -0.3 is 19.2 Å². The van der Waals surface area contributed by atoms with E-state index in [2.05, 4.69) is 29.8 Å². The zero-order valence-electron chi connectivity index (χ0n) is 17.8. The van der Waals surface area contributed by atoms with Gasteiger partial charge in [-0.1, -0.05) is 30.3 Å². The fraction of sp³-hybridized carbons (Fsp3) is 0.333. The van der Waals surface area contributed by atoms with Crippen molar-refractivity contribution in [1.29, 1.82) is 0 Å². The Morgan fingerprint density at radius 1 is 1.10 bits per heavy atom. The van der Waals surface area contributed by atoms with E-state index in [0.29, 0.717) is 37.9 Å². The van der Waals surface area contributed by atoms with Gasteiger partial charge in [0.05, 0.1) is 17.6 Å². The fourth-order valence-corrected chi connectivity index (χ4v) is 4.05. The van der Waals surface area contributed by atoms with Gasteiger partial charge in [-0.05, 0) is 38.1 Å². The molecule has 1 amide bonds. The predicted octanol–water partition coefficient (Wildman–Crippen LogP) is 4.19. The molecule has 0 aliphatic heterocycles. The molecule has 6 nitrogen and oxygen atoms in total. The third-order valence-corrected chi connectivity index (χ3v) is 5.38. The zero-order chi connectivity index (χ0) is 21.1. The number of carbonyl (C=O) groups excluding carboxylic acids is 1. The average molecular weight is 405 g/mol. The number of carbonyl (C=O) groups is 1. The number of aromatic nitrogens is 3. The molecule has 0 unspecified atom stereocenters. The molecule has 0 atom stereocenters. The maximum Gasteiger partial charge on any atom is 0.267 e. The van der Waals surface area contributed by atoms with E-state index in [4.69, 9.17) is 9.72 Å². The summed E-state index contributed by atoms with van der Waals surface area (Å²) >= 11 is 0. The van der Waals surface area contributed by atoms with Crippen molar-refractivity contribution in [3.8, 4) is 0 Å². The van der Waals surface area contributed by atoms with Crippen molar-refractivity contribution in [2.75, 3.05) is 20.3 Å². The number of hydrogen-bond acceptors (Lipinski definition) is 3. The quantitative estimate of drug-likeness (QED) is 0.479. The third kappa shape index (κ3) is 3.83. The van der Waals surface area contributed by atoms with Crippen molar-refractivity contribution >= 4 is 27.8 Å². The summed E-state index contributed by atoms with van der Waals surface area (Å²) in [5.41, 5.74) is 3.83. The Bertz CT molecular complexity index is 1170. The summed E-state index contributed by atoms with van der Waals surface area (Å²) in [5, 5.41) is 4.14. The molecule has 0 saturated heterocycles. The van der Waals surface area contributed by atoms with Crippen LogP contribution in [-0.2, 0) is 17.7 Å². The van der Waals surface area contributed by atoms with Crippen molar-refractivity contribution < 1.29 is 9.53 Å². The minimum atomic E-state index is -0.0745. The van der Waals surface area contributed by atoms with Gasteiger partial charge in [0.15, 0.2) is 0 Å². The number of nitrogens with one attached hydrogen (secondary N) is 1. The molecule has 0 saturated carbocycles. The lowest BCUT2D eigenvalue weighted by Crippen LogP contribution is -2.29. The molecule has 0 radical (unpaired) electrons. The second-order valence-electron chi connectivity index (χ2n) is 7.72. The van der Waals surface area contributed by atoms with E-state index < -0.39 is 0 Å². The first-order valence-electron chi connectivity index (χ1n) is 10.4. The van der Waals surface area contributed by atoms with Crippen LogP contribution in [0.5, 0.6) is 0 Å². The first-order chi connectivity index (χ1) is 14.6. The number of para-hydroxylation sites is 3. The number of methoxy groups -OCH3 is 1. The molecule has 156 valence electrons. The van der Waals surface area contributed by atoms with Crippen molar-refractivity contribution in [3.63, 3.8) is 0 Å². The van der Waals surface area contributed by atoms with Crippen LogP contribution in [0.2, 0.25) is 0 Å². The molecule has 2 aromatic carbocycles. The lowest BCUT2D eigenvalue weighted by atomic mass is 10.2. The van der Waals surface area contributed by atoms with E-state index in [1.54, 1.807) is 7.11 Å². The van der Waals surface area contributed by atoms with E-state index in [-0.39, 0.29) is 5.91 Å². The summed E-state index contributed by atoms with van der Waals surface area (Å²) in [5.74, 6) is 0.918. The fourth-order valence-electron chi connectivity index (χ4n) is 4.05. The van der Waals surface area contributed by atoms with Crippen LogP contribution < -0.4 is 5.32 Å². The Balaban J connectivity index is 1.52. The van der Waals surface area contributed by atoms with Crippen LogP contribution in [0.25, 0.3) is 21.9 Å². The molecule has 0 fully saturated rings. The van der Waals surface area contributed by atoms with Crippen molar-refractivity contribution in [2.45, 2.75) is 32.9 Å². The van der Waals surface area contributed by atoms with Gasteiger partial charge in [0.2, 0.25) is 0 Å². The zero-order valence-corrected chi connectivity index (χ0v) is 17.8. The van der Waals surface area contributed by atoms with Crippen LogP contribution in [0.15, 0.2) is 54.6 Å². The predicted molar refractivity (Wildman–Crippen MR) is 120 cm³/mol. The first-order valence-corrected chi connectivity index (χ1v) is 10.4. The number of ether oxygens (including phenoxy) is 1. The number of nitrogens with zero attached hydrogens (tertiary/aromatic N) is 3. The number of rotatable bonds is 8. The van der Waals surface area contributed by atoms with E-state index in [1.165, 1.54) is 0 Å². The lowest BCUT2D eigenvalue weighted by molar-refractivity contribution is 0.0942. The SMILES string of the molecule is COCCn1c(C(=O)NCCc2nc3ccccc3n2C(C)C)cc2ccccc21. The lowest BCUT2D eigenvalue weighted by Gasteiger charge is -2.14. The number of amides is 1. The van der Waals surface area contributed by atoms with Gasteiger partial charge in [0.1, 0.15) is 11.5 Å². The molecule has 0 aliphatic rings. The van der Waals surface area contributed by atoms with Crippen LogP contribution in [0.3, 0.4) is 0 Å². The largest absolute Gasteiger partial charge is 0.383 e. The average Bonchev–Trinajstić information content (AvgIpc) is 3.30. The molecule has 30 heavy (non-hydrogen) atoms. The molecule has 0 aliphatic carbocycles. The van der Waals surface area contributed by atoms with Crippen LogP contribution in [0.1, 0.15) is 36.2 Å². The second kappa shape index (κ2) is 8.71. The van der Waals surface area contributed by atoms with Gasteiger partial charge in [-0.15, -0.1) is 0 Å². The van der Waals surface area contributed by atoms with E-state index in [1.807, 2.05) is 53.1 Å². The summed E-state index contributed by atoms with van der Waals surface area (Å²) in [6.45, 7) is 6.03. The molecule has 4 aromatic rings. The van der Waals surface area contributed by atoms with Crippen molar-refractivity contribution in [1.82, 2.24) is 19.4 Å². The maximum absolute atomic E-state index is 13.0. The Morgan fingerprint density at radius 2 is 1.83 bits per heavy atom. The van der Waals surface area contributed by atoms with Gasteiger partial charge in [-0.3, -0.25) is 4.79 Å².